The SMILES string of the molecule is CCn1cc(NC(=O)c2ccccc2Cl)c(C(N)=O)n1. The fraction of sp³-hybridized carbons (Fsp3) is 0.154. The summed E-state index contributed by atoms with van der Waals surface area (Å²) in [7, 11) is 0. The zero-order valence-corrected chi connectivity index (χ0v) is 11.5. The van der Waals surface area contributed by atoms with Crippen molar-refractivity contribution in [1.82, 2.24) is 9.78 Å². The Morgan fingerprint density at radius 3 is 2.70 bits per heavy atom. The molecule has 1 heterocycles. The molecule has 1 aromatic carbocycles. The van der Waals surface area contributed by atoms with Gasteiger partial charge in [0.25, 0.3) is 11.8 Å². The van der Waals surface area contributed by atoms with Crippen LogP contribution >= 0.6 is 11.6 Å². The molecule has 0 aliphatic heterocycles. The van der Waals surface area contributed by atoms with Crippen LogP contribution in [0.5, 0.6) is 0 Å². The first kappa shape index (κ1) is 14.1. The lowest BCUT2D eigenvalue weighted by atomic mass is 10.2. The second kappa shape index (κ2) is 5.75. The molecule has 1 aromatic heterocycles. The number of aromatic nitrogens is 2. The van der Waals surface area contributed by atoms with Crippen LogP contribution in [0.4, 0.5) is 5.69 Å². The first-order chi connectivity index (χ1) is 9.52. The Bertz CT molecular complexity index is 666. The minimum absolute atomic E-state index is 0.0206. The van der Waals surface area contributed by atoms with E-state index in [2.05, 4.69) is 10.4 Å². The Morgan fingerprint density at radius 2 is 2.10 bits per heavy atom. The van der Waals surface area contributed by atoms with Gasteiger partial charge in [-0.15, -0.1) is 0 Å². The van der Waals surface area contributed by atoms with Crippen molar-refractivity contribution in [1.29, 1.82) is 0 Å². The molecule has 0 spiro atoms. The largest absolute Gasteiger partial charge is 0.364 e. The fourth-order valence-corrected chi connectivity index (χ4v) is 1.91. The molecular formula is C13H13ClN4O2. The van der Waals surface area contributed by atoms with Crippen molar-refractivity contribution < 1.29 is 9.59 Å². The number of nitrogens with zero attached hydrogens (tertiary/aromatic N) is 2. The van der Waals surface area contributed by atoms with Gasteiger partial charge in [-0.3, -0.25) is 14.3 Å². The molecule has 0 radical (unpaired) electrons. The smallest absolute Gasteiger partial charge is 0.271 e. The highest BCUT2D eigenvalue weighted by atomic mass is 35.5. The Labute approximate surface area is 120 Å². The first-order valence-electron chi connectivity index (χ1n) is 5.96. The number of anilines is 1. The summed E-state index contributed by atoms with van der Waals surface area (Å²) in [6.45, 7) is 2.42. The Balaban J connectivity index is 2.30. The van der Waals surface area contributed by atoms with Crippen molar-refractivity contribution in [2.75, 3.05) is 5.32 Å². The topological polar surface area (TPSA) is 90.0 Å². The van der Waals surface area contributed by atoms with E-state index in [1.807, 2.05) is 6.92 Å². The number of amides is 2. The van der Waals surface area contributed by atoms with Crippen LogP contribution in [0.1, 0.15) is 27.8 Å². The standard InChI is InChI=1S/C13H13ClN4O2/c1-2-18-7-10(11(17-18)12(15)19)16-13(20)8-5-3-4-6-9(8)14/h3-7H,2H2,1H3,(H2,15,19)(H,16,20). The third-order valence-electron chi connectivity index (χ3n) is 2.69. The molecule has 104 valence electrons. The number of halogens is 1. The summed E-state index contributed by atoms with van der Waals surface area (Å²) < 4.78 is 1.52. The van der Waals surface area contributed by atoms with Crippen molar-refractivity contribution >= 4 is 29.1 Å². The average molecular weight is 293 g/mol. The molecule has 2 amide bonds. The molecule has 2 aromatic rings. The number of nitrogens with one attached hydrogen (secondary N) is 1. The lowest BCUT2D eigenvalue weighted by molar-refractivity contribution is 0.0995. The Kier molecular flexibility index (Phi) is 4.05. The summed E-state index contributed by atoms with van der Waals surface area (Å²) in [5, 5.41) is 6.92. The van der Waals surface area contributed by atoms with Gasteiger partial charge in [-0.05, 0) is 19.1 Å². The first-order valence-corrected chi connectivity index (χ1v) is 6.34. The minimum atomic E-state index is -0.702. The maximum atomic E-state index is 12.1. The van der Waals surface area contributed by atoms with Crippen LogP contribution in [0.25, 0.3) is 0 Å². The molecule has 20 heavy (non-hydrogen) atoms. The van der Waals surface area contributed by atoms with Crippen LogP contribution < -0.4 is 11.1 Å². The Hall–Kier alpha value is -2.34. The van der Waals surface area contributed by atoms with E-state index in [1.165, 1.54) is 4.68 Å². The van der Waals surface area contributed by atoms with Gasteiger partial charge in [0.05, 0.1) is 16.3 Å². The number of rotatable bonds is 4. The molecule has 0 fully saturated rings. The average Bonchev–Trinajstić information content (AvgIpc) is 2.82. The number of aryl methyl sites for hydroxylation is 1. The number of primary amides is 1. The highest BCUT2D eigenvalue weighted by molar-refractivity contribution is 6.34. The summed E-state index contributed by atoms with van der Waals surface area (Å²) >= 11 is 5.95. The molecule has 0 unspecified atom stereocenters. The minimum Gasteiger partial charge on any atom is -0.364 e. The van der Waals surface area contributed by atoms with Gasteiger partial charge in [0.15, 0.2) is 5.69 Å². The molecular weight excluding hydrogens is 280 g/mol. The number of carbonyl (C=O) groups is 2. The zero-order valence-electron chi connectivity index (χ0n) is 10.8. The monoisotopic (exact) mass is 292 g/mol. The van der Waals surface area contributed by atoms with Crippen LogP contribution in [0.15, 0.2) is 30.5 Å². The predicted octanol–water partition coefficient (Wildman–Crippen LogP) is 1.91. The molecule has 0 aliphatic carbocycles. The van der Waals surface area contributed by atoms with Crippen LogP contribution in [0.3, 0.4) is 0 Å². The molecule has 3 N–H and O–H groups in total. The van der Waals surface area contributed by atoms with E-state index in [4.69, 9.17) is 17.3 Å². The number of nitrogens with two attached hydrogens (primary N) is 1. The van der Waals surface area contributed by atoms with Gasteiger partial charge in [0.1, 0.15) is 0 Å². The molecule has 0 atom stereocenters. The molecule has 0 aliphatic rings. The summed E-state index contributed by atoms with van der Waals surface area (Å²) in [5.41, 5.74) is 5.84. The van der Waals surface area contributed by atoms with Gasteiger partial charge in [0.2, 0.25) is 0 Å². The van der Waals surface area contributed by atoms with Gasteiger partial charge < -0.3 is 11.1 Å². The van der Waals surface area contributed by atoms with Crippen molar-refractivity contribution in [3.05, 3.63) is 46.7 Å². The van der Waals surface area contributed by atoms with Crippen molar-refractivity contribution in [2.45, 2.75) is 13.5 Å². The van der Waals surface area contributed by atoms with Crippen LogP contribution in [-0.4, -0.2) is 21.6 Å². The third kappa shape index (κ3) is 2.80. The normalized spacial score (nSPS) is 10.3. The van der Waals surface area contributed by atoms with E-state index >= 15 is 0 Å². The Morgan fingerprint density at radius 1 is 1.40 bits per heavy atom. The van der Waals surface area contributed by atoms with E-state index in [-0.39, 0.29) is 11.4 Å². The molecule has 0 saturated carbocycles. The number of carbonyl (C=O) groups excluding carboxylic acids is 2. The lowest BCUT2D eigenvalue weighted by Crippen LogP contribution is -2.18. The van der Waals surface area contributed by atoms with Gasteiger partial charge in [-0.2, -0.15) is 5.10 Å². The van der Waals surface area contributed by atoms with Crippen LogP contribution in [-0.2, 0) is 6.54 Å². The lowest BCUT2D eigenvalue weighted by Gasteiger charge is -2.05. The molecule has 0 bridgehead atoms. The summed E-state index contributed by atoms with van der Waals surface area (Å²) in [6.07, 6.45) is 1.55. The maximum Gasteiger partial charge on any atom is 0.271 e. The quantitative estimate of drug-likeness (QED) is 0.902. The van der Waals surface area contributed by atoms with Gasteiger partial charge >= 0.3 is 0 Å². The maximum absolute atomic E-state index is 12.1. The third-order valence-corrected chi connectivity index (χ3v) is 3.02. The van der Waals surface area contributed by atoms with Crippen molar-refractivity contribution in [3.8, 4) is 0 Å². The molecule has 7 heteroatoms. The second-order valence-corrected chi connectivity index (χ2v) is 4.45. The van der Waals surface area contributed by atoms with Gasteiger partial charge in [0, 0.05) is 12.7 Å². The fourth-order valence-electron chi connectivity index (χ4n) is 1.69. The van der Waals surface area contributed by atoms with E-state index in [0.29, 0.717) is 17.1 Å². The summed E-state index contributed by atoms with van der Waals surface area (Å²) in [6, 6.07) is 6.63. The predicted molar refractivity (Wildman–Crippen MR) is 75.8 cm³/mol. The van der Waals surface area contributed by atoms with E-state index < -0.39 is 11.8 Å². The second-order valence-electron chi connectivity index (χ2n) is 4.05. The van der Waals surface area contributed by atoms with Gasteiger partial charge in [-0.1, -0.05) is 23.7 Å². The summed E-state index contributed by atoms with van der Waals surface area (Å²) in [5.74, 6) is -1.12. The van der Waals surface area contributed by atoms with E-state index in [9.17, 15) is 9.59 Å². The number of benzene rings is 1. The van der Waals surface area contributed by atoms with Crippen LogP contribution in [0, 0.1) is 0 Å². The van der Waals surface area contributed by atoms with Crippen LogP contribution in [0.2, 0.25) is 5.02 Å². The molecule has 6 nitrogen and oxygen atoms in total. The summed E-state index contributed by atoms with van der Waals surface area (Å²) in [4.78, 5) is 23.4. The highest BCUT2D eigenvalue weighted by Crippen LogP contribution is 2.19. The number of hydrogen-bond acceptors (Lipinski definition) is 3. The van der Waals surface area contributed by atoms with Crippen molar-refractivity contribution in [2.24, 2.45) is 5.73 Å². The van der Waals surface area contributed by atoms with Crippen molar-refractivity contribution in [3.63, 3.8) is 0 Å². The van der Waals surface area contributed by atoms with E-state index in [0.717, 1.165) is 0 Å². The zero-order chi connectivity index (χ0) is 14.7. The molecule has 2 rings (SSSR count). The van der Waals surface area contributed by atoms with Gasteiger partial charge in [-0.25, -0.2) is 0 Å². The van der Waals surface area contributed by atoms with E-state index in [1.54, 1.807) is 30.5 Å². The number of hydrogen-bond donors (Lipinski definition) is 2. The highest BCUT2D eigenvalue weighted by Gasteiger charge is 2.17. The molecule has 0 saturated heterocycles.